The fourth-order valence-corrected chi connectivity index (χ4v) is 3.64. The average molecular weight is 360 g/mol. The molecular formula is C21H20N4O2. The molecule has 6 heteroatoms. The zero-order valence-corrected chi connectivity index (χ0v) is 14.9. The molecule has 0 aliphatic carbocycles. The maximum atomic E-state index is 12.6. The maximum absolute atomic E-state index is 12.6. The highest BCUT2D eigenvalue weighted by Gasteiger charge is 2.40. The van der Waals surface area contributed by atoms with Gasteiger partial charge in [-0.25, -0.2) is 5.43 Å². The molecule has 3 aromatic rings. The molecule has 0 saturated carbocycles. The molecule has 2 amide bonds. The Balaban J connectivity index is 1.51. The highest BCUT2D eigenvalue weighted by Crippen LogP contribution is 2.29. The number of hydrogen-bond acceptors (Lipinski definition) is 3. The number of nitrogens with one attached hydrogen (secondary N) is 2. The minimum Gasteiger partial charge on any atom is -0.355 e. The lowest BCUT2D eigenvalue weighted by atomic mass is 9.88. The van der Waals surface area contributed by atoms with Gasteiger partial charge in [0.25, 0.3) is 5.91 Å². The summed E-state index contributed by atoms with van der Waals surface area (Å²) in [6, 6.07) is 17.6. The molecule has 6 nitrogen and oxygen atoms in total. The fourth-order valence-electron chi connectivity index (χ4n) is 3.64. The first-order valence-corrected chi connectivity index (χ1v) is 8.85. The number of amides is 2. The Morgan fingerprint density at radius 1 is 1.19 bits per heavy atom. The van der Waals surface area contributed by atoms with Crippen LogP contribution in [-0.4, -0.2) is 29.1 Å². The van der Waals surface area contributed by atoms with E-state index in [-0.39, 0.29) is 11.8 Å². The summed E-state index contributed by atoms with van der Waals surface area (Å²) in [4.78, 5) is 24.8. The lowest BCUT2D eigenvalue weighted by molar-refractivity contribution is -0.133. The van der Waals surface area contributed by atoms with Crippen LogP contribution in [0.4, 0.5) is 0 Å². The normalized spacial score (nSPS) is 19.5. The Bertz CT molecular complexity index is 1020. The van der Waals surface area contributed by atoms with Crippen molar-refractivity contribution in [1.82, 2.24) is 15.3 Å². The first-order valence-electron chi connectivity index (χ1n) is 8.85. The summed E-state index contributed by atoms with van der Waals surface area (Å²) in [5.74, 6) is -1.62. The monoisotopic (exact) mass is 360 g/mol. The molecular weight excluding hydrogens is 340 g/mol. The van der Waals surface area contributed by atoms with Crippen LogP contribution in [0.15, 0.2) is 65.9 Å². The van der Waals surface area contributed by atoms with Crippen LogP contribution in [0.3, 0.4) is 0 Å². The number of fused-ring (bicyclic) bond motifs is 1. The Hall–Kier alpha value is -3.41. The summed E-state index contributed by atoms with van der Waals surface area (Å²) in [6.07, 6.45) is 3.57. The summed E-state index contributed by atoms with van der Waals surface area (Å²) in [5, 5.41) is 7.93. The zero-order valence-electron chi connectivity index (χ0n) is 14.9. The van der Waals surface area contributed by atoms with Crippen LogP contribution in [0.2, 0.25) is 0 Å². The van der Waals surface area contributed by atoms with Crippen molar-refractivity contribution in [1.29, 1.82) is 0 Å². The van der Waals surface area contributed by atoms with Crippen LogP contribution in [0, 0.1) is 5.92 Å². The number of nitrogens with zero attached hydrogens (tertiary/aromatic N) is 2. The van der Waals surface area contributed by atoms with E-state index in [0.717, 1.165) is 22.0 Å². The number of benzene rings is 2. The standard InChI is InChI=1S/C21H20N4O2/c1-25-13-15(16-9-5-6-10-18(16)25)11-23-24-21(27)19-17(12-22-20(19)26)14-7-3-2-4-8-14/h2-11,13,17,19H,12H2,1H3,(H,22,26)(H,24,27)/b23-11+. The predicted octanol–water partition coefficient (Wildman–Crippen LogP) is 2.16. The lowest BCUT2D eigenvalue weighted by Gasteiger charge is -2.15. The van der Waals surface area contributed by atoms with Crippen LogP contribution in [0.1, 0.15) is 17.0 Å². The zero-order chi connectivity index (χ0) is 18.8. The van der Waals surface area contributed by atoms with Crippen molar-refractivity contribution >= 4 is 28.9 Å². The van der Waals surface area contributed by atoms with Gasteiger partial charge in [0.05, 0.1) is 6.21 Å². The van der Waals surface area contributed by atoms with E-state index in [1.807, 2.05) is 72.4 Å². The van der Waals surface area contributed by atoms with Gasteiger partial charge in [-0.1, -0.05) is 48.5 Å². The molecule has 0 spiro atoms. The minimum absolute atomic E-state index is 0.188. The molecule has 2 unspecified atom stereocenters. The van der Waals surface area contributed by atoms with Gasteiger partial charge in [0, 0.05) is 42.2 Å². The molecule has 0 radical (unpaired) electrons. The first-order chi connectivity index (χ1) is 13.1. The van der Waals surface area contributed by atoms with Crippen molar-refractivity contribution in [3.63, 3.8) is 0 Å². The maximum Gasteiger partial charge on any atom is 0.253 e. The highest BCUT2D eigenvalue weighted by atomic mass is 16.2. The second-order valence-electron chi connectivity index (χ2n) is 6.69. The summed E-state index contributed by atoms with van der Waals surface area (Å²) in [5.41, 5.74) is 5.50. The highest BCUT2D eigenvalue weighted by molar-refractivity contribution is 6.04. The third-order valence-corrected chi connectivity index (χ3v) is 5.00. The Morgan fingerprint density at radius 3 is 2.74 bits per heavy atom. The van der Waals surface area contributed by atoms with Gasteiger partial charge in [-0.3, -0.25) is 9.59 Å². The van der Waals surface area contributed by atoms with Gasteiger partial charge in [-0.2, -0.15) is 5.10 Å². The number of carbonyl (C=O) groups excluding carboxylic acids is 2. The molecule has 2 N–H and O–H groups in total. The van der Waals surface area contributed by atoms with Crippen molar-refractivity contribution in [3.05, 3.63) is 71.9 Å². The van der Waals surface area contributed by atoms with E-state index < -0.39 is 11.8 Å². The molecule has 1 saturated heterocycles. The lowest BCUT2D eigenvalue weighted by Crippen LogP contribution is -2.34. The second kappa shape index (κ2) is 7.07. The number of rotatable bonds is 4. The van der Waals surface area contributed by atoms with Gasteiger partial charge in [0.15, 0.2) is 0 Å². The van der Waals surface area contributed by atoms with Crippen molar-refractivity contribution in [2.45, 2.75) is 5.92 Å². The van der Waals surface area contributed by atoms with E-state index in [1.165, 1.54) is 0 Å². The number of hydrogen-bond donors (Lipinski definition) is 2. The van der Waals surface area contributed by atoms with E-state index in [9.17, 15) is 9.59 Å². The molecule has 2 aromatic carbocycles. The first kappa shape index (κ1) is 17.0. The minimum atomic E-state index is -0.780. The summed E-state index contributed by atoms with van der Waals surface area (Å²) >= 11 is 0. The van der Waals surface area contributed by atoms with Gasteiger partial charge in [-0.05, 0) is 11.6 Å². The quantitative estimate of drug-likeness (QED) is 0.425. The summed E-state index contributed by atoms with van der Waals surface area (Å²) < 4.78 is 2.01. The number of hydrazone groups is 1. The topological polar surface area (TPSA) is 75.5 Å². The van der Waals surface area contributed by atoms with Crippen molar-refractivity contribution in [2.24, 2.45) is 18.1 Å². The van der Waals surface area contributed by atoms with Crippen LogP contribution in [0.5, 0.6) is 0 Å². The van der Waals surface area contributed by atoms with Crippen LogP contribution in [-0.2, 0) is 16.6 Å². The molecule has 1 fully saturated rings. The van der Waals surface area contributed by atoms with Crippen LogP contribution >= 0.6 is 0 Å². The SMILES string of the molecule is Cn1cc(/C=N/NC(=O)C2C(=O)NCC2c2ccccc2)c2ccccc21. The smallest absolute Gasteiger partial charge is 0.253 e. The summed E-state index contributed by atoms with van der Waals surface area (Å²) in [6.45, 7) is 0.452. The van der Waals surface area contributed by atoms with E-state index in [2.05, 4.69) is 15.8 Å². The Kier molecular flexibility index (Phi) is 4.46. The third-order valence-electron chi connectivity index (χ3n) is 5.00. The number of carbonyl (C=O) groups is 2. The molecule has 4 rings (SSSR count). The van der Waals surface area contributed by atoms with Crippen LogP contribution in [0.25, 0.3) is 10.9 Å². The molecule has 136 valence electrons. The van der Waals surface area contributed by atoms with E-state index in [4.69, 9.17) is 0 Å². The molecule has 1 aliphatic rings. The number of aromatic nitrogens is 1. The molecule has 1 aromatic heterocycles. The van der Waals surface area contributed by atoms with Gasteiger partial charge < -0.3 is 9.88 Å². The van der Waals surface area contributed by atoms with E-state index in [1.54, 1.807) is 6.21 Å². The molecule has 27 heavy (non-hydrogen) atoms. The third kappa shape index (κ3) is 3.21. The van der Waals surface area contributed by atoms with Crippen molar-refractivity contribution in [3.8, 4) is 0 Å². The number of aryl methyl sites for hydroxylation is 1. The molecule has 1 aliphatic heterocycles. The largest absolute Gasteiger partial charge is 0.355 e. The predicted molar refractivity (Wildman–Crippen MR) is 104 cm³/mol. The summed E-state index contributed by atoms with van der Waals surface area (Å²) in [7, 11) is 1.96. The van der Waals surface area contributed by atoms with Crippen molar-refractivity contribution < 1.29 is 9.59 Å². The Labute approximate surface area is 156 Å². The number of para-hydroxylation sites is 1. The van der Waals surface area contributed by atoms with Gasteiger partial charge >= 0.3 is 0 Å². The van der Waals surface area contributed by atoms with E-state index >= 15 is 0 Å². The van der Waals surface area contributed by atoms with E-state index in [0.29, 0.717) is 6.54 Å². The second-order valence-corrected chi connectivity index (χ2v) is 6.69. The van der Waals surface area contributed by atoms with Gasteiger partial charge in [0.1, 0.15) is 5.92 Å². The van der Waals surface area contributed by atoms with Crippen molar-refractivity contribution in [2.75, 3.05) is 6.54 Å². The Morgan fingerprint density at radius 2 is 1.93 bits per heavy atom. The average Bonchev–Trinajstić information content (AvgIpc) is 3.23. The van der Waals surface area contributed by atoms with Gasteiger partial charge in [-0.15, -0.1) is 0 Å². The molecule has 2 heterocycles. The molecule has 0 bridgehead atoms. The fraction of sp³-hybridized carbons (Fsp3) is 0.190. The van der Waals surface area contributed by atoms with Crippen LogP contribution < -0.4 is 10.7 Å². The molecule has 2 atom stereocenters. The van der Waals surface area contributed by atoms with Gasteiger partial charge in [0.2, 0.25) is 5.91 Å².